The average Bonchev–Trinajstić information content (AvgIpc) is 2.35. The van der Waals surface area contributed by atoms with Crippen molar-refractivity contribution in [2.75, 3.05) is 6.61 Å². The van der Waals surface area contributed by atoms with Crippen LogP contribution in [0.3, 0.4) is 0 Å². The summed E-state index contributed by atoms with van der Waals surface area (Å²) >= 11 is 0. The Labute approximate surface area is 78.4 Å². The normalized spacial score (nSPS) is 29.1. The first-order valence-electron chi connectivity index (χ1n) is 4.55. The summed E-state index contributed by atoms with van der Waals surface area (Å²) in [5.41, 5.74) is 0.201. The van der Waals surface area contributed by atoms with Gasteiger partial charge in [0.05, 0.1) is 12.0 Å². The molecule has 1 saturated heterocycles. The lowest BCUT2D eigenvalue weighted by Gasteiger charge is -2.30. The second-order valence-electron chi connectivity index (χ2n) is 4.73. The van der Waals surface area contributed by atoms with Gasteiger partial charge >= 0.3 is 0 Å². The summed E-state index contributed by atoms with van der Waals surface area (Å²) in [6, 6.07) is 0. The zero-order chi connectivity index (χ0) is 9.85. The molecule has 2 aliphatic rings. The van der Waals surface area contributed by atoms with Gasteiger partial charge in [0.15, 0.2) is 0 Å². The summed E-state index contributed by atoms with van der Waals surface area (Å²) in [5, 5.41) is 0. The van der Waals surface area contributed by atoms with Crippen molar-refractivity contribution in [2.24, 2.45) is 5.41 Å². The highest BCUT2D eigenvalue weighted by molar-refractivity contribution is 5.89. The SMILES string of the molecule is CC1(C)C=C2COC(C)(C)N2C1=O. The number of amides is 1. The number of nitrogens with zero attached hydrogens (tertiary/aromatic N) is 1. The van der Waals surface area contributed by atoms with Gasteiger partial charge in [-0.2, -0.15) is 0 Å². The van der Waals surface area contributed by atoms with Crippen molar-refractivity contribution in [3.8, 4) is 0 Å². The Morgan fingerprint density at radius 1 is 1.38 bits per heavy atom. The van der Waals surface area contributed by atoms with Gasteiger partial charge in [0.1, 0.15) is 5.72 Å². The minimum Gasteiger partial charge on any atom is -0.350 e. The van der Waals surface area contributed by atoms with Crippen LogP contribution in [0.5, 0.6) is 0 Å². The zero-order valence-corrected chi connectivity index (χ0v) is 8.55. The second-order valence-corrected chi connectivity index (χ2v) is 4.73. The first-order valence-corrected chi connectivity index (χ1v) is 4.55. The number of fused-ring (bicyclic) bond motifs is 1. The summed E-state index contributed by atoms with van der Waals surface area (Å²) < 4.78 is 5.51. The third kappa shape index (κ3) is 1.03. The van der Waals surface area contributed by atoms with Gasteiger partial charge in [-0.1, -0.05) is 0 Å². The molecule has 3 heteroatoms. The van der Waals surface area contributed by atoms with Crippen molar-refractivity contribution in [1.29, 1.82) is 0 Å². The average molecular weight is 181 g/mol. The molecule has 2 aliphatic heterocycles. The minimum absolute atomic E-state index is 0.144. The van der Waals surface area contributed by atoms with E-state index in [0.29, 0.717) is 6.61 Å². The Bertz CT molecular complexity index is 302. The number of carbonyl (C=O) groups is 1. The molecule has 2 rings (SSSR count). The molecule has 13 heavy (non-hydrogen) atoms. The molecule has 0 aliphatic carbocycles. The van der Waals surface area contributed by atoms with Crippen molar-refractivity contribution in [1.82, 2.24) is 4.90 Å². The highest BCUT2D eigenvalue weighted by Gasteiger charge is 2.49. The molecule has 0 bridgehead atoms. The quantitative estimate of drug-likeness (QED) is 0.567. The Hall–Kier alpha value is -0.830. The van der Waals surface area contributed by atoms with Crippen LogP contribution in [0.2, 0.25) is 0 Å². The van der Waals surface area contributed by atoms with E-state index in [4.69, 9.17) is 4.74 Å². The van der Waals surface area contributed by atoms with E-state index in [2.05, 4.69) is 0 Å². The van der Waals surface area contributed by atoms with Gasteiger partial charge in [-0.25, -0.2) is 0 Å². The second kappa shape index (κ2) is 2.15. The summed E-state index contributed by atoms with van der Waals surface area (Å²) in [6.45, 7) is 8.29. The summed E-state index contributed by atoms with van der Waals surface area (Å²) in [6.07, 6.45) is 2.00. The first kappa shape index (κ1) is 8.75. The van der Waals surface area contributed by atoms with E-state index in [1.807, 2.05) is 33.8 Å². The maximum absolute atomic E-state index is 11.9. The molecule has 0 aromatic carbocycles. The highest BCUT2D eigenvalue weighted by atomic mass is 16.5. The van der Waals surface area contributed by atoms with E-state index in [1.54, 1.807) is 4.90 Å². The van der Waals surface area contributed by atoms with E-state index in [0.717, 1.165) is 5.70 Å². The third-order valence-electron chi connectivity index (χ3n) is 2.68. The smallest absolute Gasteiger partial charge is 0.238 e. The predicted octanol–water partition coefficient (Wildman–Crippen LogP) is 1.50. The van der Waals surface area contributed by atoms with Gasteiger partial charge in [-0.3, -0.25) is 9.69 Å². The molecular weight excluding hydrogens is 166 g/mol. The molecule has 0 spiro atoms. The van der Waals surface area contributed by atoms with Crippen LogP contribution in [0.1, 0.15) is 27.7 Å². The Morgan fingerprint density at radius 3 is 2.54 bits per heavy atom. The van der Waals surface area contributed by atoms with Crippen LogP contribution in [0.4, 0.5) is 0 Å². The third-order valence-corrected chi connectivity index (χ3v) is 2.68. The van der Waals surface area contributed by atoms with Crippen molar-refractivity contribution in [2.45, 2.75) is 33.4 Å². The van der Waals surface area contributed by atoms with E-state index in [9.17, 15) is 4.79 Å². The maximum atomic E-state index is 11.9. The number of ether oxygens (including phenoxy) is 1. The fraction of sp³-hybridized carbons (Fsp3) is 0.700. The summed E-state index contributed by atoms with van der Waals surface area (Å²) in [7, 11) is 0. The Morgan fingerprint density at radius 2 is 2.00 bits per heavy atom. The molecule has 0 aromatic heterocycles. The molecule has 2 heterocycles. The van der Waals surface area contributed by atoms with Gasteiger partial charge in [-0.15, -0.1) is 0 Å². The van der Waals surface area contributed by atoms with Gasteiger partial charge in [0.25, 0.3) is 0 Å². The zero-order valence-electron chi connectivity index (χ0n) is 8.55. The Balaban J connectivity index is 2.43. The molecule has 0 atom stereocenters. The summed E-state index contributed by atoms with van der Waals surface area (Å²) in [4.78, 5) is 13.7. The van der Waals surface area contributed by atoms with Crippen LogP contribution in [0.15, 0.2) is 11.8 Å². The van der Waals surface area contributed by atoms with Gasteiger partial charge in [0, 0.05) is 5.70 Å². The Kier molecular flexibility index (Phi) is 1.45. The lowest BCUT2D eigenvalue weighted by molar-refractivity contribution is -0.147. The topological polar surface area (TPSA) is 29.5 Å². The molecule has 72 valence electrons. The number of hydrogen-bond donors (Lipinski definition) is 0. The molecule has 0 saturated carbocycles. The molecule has 0 aromatic rings. The van der Waals surface area contributed by atoms with Gasteiger partial charge in [0.2, 0.25) is 5.91 Å². The number of rotatable bonds is 0. The van der Waals surface area contributed by atoms with Crippen LogP contribution >= 0.6 is 0 Å². The van der Waals surface area contributed by atoms with Gasteiger partial charge < -0.3 is 4.74 Å². The lowest BCUT2D eigenvalue weighted by atomic mass is 9.94. The van der Waals surface area contributed by atoms with Crippen molar-refractivity contribution >= 4 is 5.91 Å². The van der Waals surface area contributed by atoms with E-state index in [-0.39, 0.29) is 11.3 Å². The van der Waals surface area contributed by atoms with Crippen molar-refractivity contribution in [3.63, 3.8) is 0 Å². The van der Waals surface area contributed by atoms with Crippen LogP contribution < -0.4 is 0 Å². The number of hydrogen-bond acceptors (Lipinski definition) is 2. The minimum atomic E-state index is -0.462. The molecule has 1 amide bonds. The fourth-order valence-corrected chi connectivity index (χ4v) is 1.97. The van der Waals surface area contributed by atoms with Crippen LogP contribution in [0.25, 0.3) is 0 Å². The van der Waals surface area contributed by atoms with E-state index in [1.165, 1.54) is 0 Å². The molecular formula is C10H15NO2. The lowest BCUT2D eigenvalue weighted by Crippen LogP contribution is -2.44. The predicted molar refractivity (Wildman–Crippen MR) is 48.7 cm³/mol. The monoisotopic (exact) mass is 181 g/mol. The van der Waals surface area contributed by atoms with E-state index < -0.39 is 5.72 Å². The molecule has 0 unspecified atom stereocenters. The van der Waals surface area contributed by atoms with E-state index >= 15 is 0 Å². The number of carbonyl (C=O) groups excluding carboxylic acids is 1. The van der Waals surface area contributed by atoms with Crippen molar-refractivity contribution in [3.05, 3.63) is 11.8 Å². The maximum Gasteiger partial charge on any atom is 0.238 e. The summed E-state index contributed by atoms with van der Waals surface area (Å²) in [5.74, 6) is 0.144. The highest BCUT2D eigenvalue weighted by Crippen LogP contribution is 2.41. The fourth-order valence-electron chi connectivity index (χ4n) is 1.97. The van der Waals surface area contributed by atoms with Crippen LogP contribution in [-0.4, -0.2) is 23.1 Å². The first-order chi connectivity index (χ1) is 5.84. The van der Waals surface area contributed by atoms with Gasteiger partial charge in [-0.05, 0) is 33.8 Å². The standard InChI is InChI=1S/C10H15NO2/c1-9(2)5-7-6-13-10(3,4)11(7)8(9)12/h5H,6H2,1-4H3. The van der Waals surface area contributed by atoms with Crippen LogP contribution in [-0.2, 0) is 9.53 Å². The molecule has 0 radical (unpaired) electrons. The molecule has 0 N–H and O–H groups in total. The molecule has 3 nitrogen and oxygen atoms in total. The van der Waals surface area contributed by atoms with Crippen molar-refractivity contribution < 1.29 is 9.53 Å². The molecule has 1 fully saturated rings. The largest absolute Gasteiger partial charge is 0.350 e. The van der Waals surface area contributed by atoms with Crippen LogP contribution in [0, 0.1) is 5.41 Å².